The highest BCUT2D eigenvalue weighted by atomic mass is 19.4. The molecule has 11 heteroatoms. The topological polar surface area (TPSA) is 91.3 Å². The van der Waals surface area contributed by atoms with Gasteiger partial charge in [0.15, 0.2) is 6.29 Å². The molecule has 6 nitrogen and oxygen atoms in total. The van der Waals surface area contributed by atoms with Crippen molar-refractivity contribution in [1.29, 1.82) is 0 Å². The fourth-order valence-electron chi connectivity index (χ4n) is 2.51. The average Bonchev–Trinajstić information content (AvgIpc) is 2.77. The first-order chi connectivity index (χ1) is 15.8. The summed E-state index contributed by atoms with van der Waals surface area (Å²) in [6, 6.07) is 11.1. The molecule has 0 fully saturated rings. The number of nitrogens with two attached hydrogens (primary N) is 1. The molecule has 0 spiro atoms. The van der Waals surface area contributed by atoms with Gasteiger partial charge in [0.25, 0.3) is 0 Å². The number of aliphatic hydroxyl groups is 2. The van der Waals surface area contributed by atoms with Crippen LogP contribution in [-0.4, -0.2) is 34.5 Å². The highest BCUT2D eigenvalue weighted by Crippen LogP contribution is 2.37. The second-order valence-electron chi connectivity index (χ2n) is 6.82. The zero-order chi connectivity index (χ0) is 26.1. The Morgan fingerprint density at radius 1 is 1.03 bits per heavy atom. The van der Waals surface area contributed by atoms with Crippen LogP contribution in [0.2, 0.25) is 0 Å². The molecule has 188 valence electrons. The Morgan fingerprint density at radius 2 is 1.56 bits per heavy atom. The van der Waals surface area contributed by atoms with Crippen LogP contribution in [0.25, 0.3) is 0 Å². The van der Waals surface area contributed by atoms with Crippen molar-refractivity contribution in [2.24, 2.45) is 5.10 Å². The molecule has 0 radical (unpaired) electrons. The van der Waals surface area contributed by atoms with Gasteiger partial charge in [0.05, 0.1) is 11.4 Å². The molecule has 0 saturated carbocycles. The smallest absolute Gasteiger partial charge is 0.426 e. The fourth-order valence-corrected chi connectivity index (χ4v) is 2.51. The van der Waals surface area contributed by atoms with Crippen molar-refractivity contribution < 1.29 is 36.9 Å². The minimum atomic E-state index is -5.86. The van der Waals surface area contributed by atoms with Crippen molar-refractivity contribution in [1.82, 2.24) is 0 Å². The number of benzene rings is 2. The van der Waals surface area contributed by atoms with E-state index >= 15 is 0 Å². The Labute approximate surface area is 194 Å². The molecule has 2 aromatic carbocycles. The van der Waals surface area contributed by atoms with Crippen LogP contribution in [0.1, 0.15) is 39.2 Å². The number of nitrogen functional groups attached to an aromatic ring is 1. The number of allylic oxidation sites excluding steroid dienone is 1. The monoisotopic (exact) mass is 489 g/mol. The van der Waals surface area contributed by atoms with Crippen molar-refractivity contribution in [3.63, 3.8) is 0 Å². The molecule has 0 unspecified atom stereocenters. The first-order valence-electron chi connectivity index (χ1n) is 10.3. The van der Waals surface area contributed by atoms with Gasteiger partial charge in [-0.15, -0.1) is 0 Å². The van der Waals surface area contributed by atoms with Gasteiger partial charge in [-0.05, 0) is 55.3 Å². The lowest BCUT2D eigenvalue weighted by atomic mass is 10.1. The molecule has 0 saturated heterocycles. The van der Waals surface area contributed by atoms with E-state index in [-0.39, 0.29) is 18.5 Å². The van der Waals surface area contributed by atoms with Crippen LogP contribution < -0.4 is 15.5 Å². The van der Waals surface area contributed by atoms with Gasteiger partial charge in [0, 0.05) is 17.8 Å². The molecular formula is C23H28F5N3O3. The molecule has 0 aromatic heterocycles. The van der Waals surface area contributed by atoms with E-state index in [2.05, 4.69) is 16.4 Å². The van der Waals surface area contributed by atoms with Gasteiger partial charge < -0.3 is 20.7 Å². The molecule has 0 heterocycles. The Hall–Kier alpha value is -3.18. The molecule has 0 amide bonds. The SMILES string of the molecule is C=C(CCC(O)O)N(/N=C(\C)c1ccc(N)cc1)c1ccc(OC(F)(F)C(F)(F)F)cc1.CC. The minimum Gasteiger partial charge on any atom is -0.426 e. The molecule has 34 heavy (non-hydrogen) atoms. The summed E-state index contributed by atoms with van der Waals surface area (Å²) < 4.78 is 67.1. The van der Waals surface area contributed by atoms with E-state index in [4.69, 9.17) is 15.9 Å². The van der Waals surface area contributed by atoms with Crippen molar-refractivity contribution in [2.45, 2.75) is 52.2 Å². The standard InChI is InChI=1S/C21H22F5N3O3.C2H6/c1-13(3-12-19(30)31)29(28-14(2)15-4-6-16(27)7-5-15)17-8-10-18(11-9-17)32-21(25,26)20(22,23)24;1-2/h4-11,19,30-31H,1,3,12,27H2,2H3;1-2H3/b28-14+;. The summed E-state index contributed by atoms with van der Waals surface area (Å²) in [6.45, 7) is 9.54. The molecule has 0 aliphatic rings. The predicted molar refractivity (Wildman–Crippen MR) is 122 cm³/mol. The molecule has 0 atom stereocenters. The number of nitrogens with zero attached hydrogens (tertiary/aromatic N) is 2. The summed E-state index contributed by atoms with van der Waals surface area (Å²) >= 11 is 0. The van der Waals surface area contributed by atoms with E-state index in [1.165, 1.54) is 17.1 Å². The summed E-state index contributed by atoms with van der Waals surface area (Å²) in [5.41, 5.74) is 8.04. The third kappa shape index (κ3) is 8.31. The van der Waals surface area contributed by atoms with Crippen LogP contribution in [0.4, 0.5) is 33.3 Å². The predicted octanol–water partition coefficient (Wildman–Crippen LogP) is 5.66. The van der Waals surface area contributed by atoms with Crippen molar-refractivity contribution >= 4 is 17.1 Å². The third-order valence-corrected chi connectivity index (χ3v) is 4.23. The molecular weight excluding hydrogens is 461 g/mol. The number of hydrogen-bond donors (Lipinski definition) is 3. The summed E-state index contributed by atoms with van der Waals surface area (Å²) in [4.78, 5) is 0. The Bertz CT molecular complexity index is 944. The van der Waals surface area contributed by atoms with E-state index in [0.717, 1.165) is 12.1 Å². The van der Waals surface area contributed by atoms with Crippen molar-refractivity contribution in [3.8, 4) is 5.75 Å². The lowest BCUT2D eigenvalue weighted by Crippen LogP contribution is -2.41. The number of hydrazone groups is 1. The van der Waals surface area contributed by atoms with Gasteiger partial charge in [-0.2, -0.15) is 27.1 Å². The number of rotatable bonds is 9. The van der Waals surface area contributed by atoms with Gasteiger partial charge in [-0.3, -0.25) is 0 Å². The Kier molecular flexibility index (Phi) is 10.5. The van der Waals surface area contributed by atoms with E-state index < -0.39 is 24.3 Å². The fraction of sp³-hybridized carbons (Fsp3) is 0.348. The van der Waals surface area contributed by atoms with Gasteiger partial charge in [0.1, 0.15) is 5.75 Å². The maximum Gasteiger partial charge on any atom is 0.499 e. The summed E-state index contributed by atoms with van der Waals surface area (Å²) in [5, 5.41) is 24.0. The Balaban J connectivity index is 0.00000281. The average molecular weight is 489 g/mol. The van der Waals surface area contributed by atoms with Crippen LogP contribution >= 0.6 is 0 Å². The zero-order valence-electron chi connectivity index (χ0n) is 19.0. The van der Waals surface area contributed by atoms with Crippen LogP contribution in [0.15, 0.2) is 65.9 Å². The van der Waals surface area contributed by atoms with E-state index in [0.29, 0.717) is 22.7 Å². The lowest BCUT2D eigenvalue weighted by molar-refractivity contribution is -0.360. The highest BCUT2D eigenvalue weighted by Gasteiger charge is 2.61. The summed E-state index contributed by atoms with van der Waals surface area (Å²) in [6.07, 6.45) is -12.7. The first kappa shape index (κ1) is 28.9. The normalized spacial score (nSPS) is 12.1. The van der Waals surface area contributed by atoms with Crippen molar-refractivity contribution in [2.75, 3.05) is 10.7 Å². The quantitative estimate of drug-likeness (QED) is 0.139. The molecule has 4 N–H and O–H groups in total. The van der Waals surface area contributed by atoms with Gasteiger partial charge in [-0.25, -0.2) is 5.01 Å². The molecule has 2 aromatic rings. The maximum atomic E-state index is 13.1. The molecule has 0 aliphatic heterocycles. The number of hydrogen-bond acceptors (Lipinski definition) is 6. The van der Waals surface area contributed by atoms with Crippen LogP contribution in [-0.2, 0) is 0 Å². The van der Waals surface area contributed by atoms with Crippen molar-refractivity contribution in [3.05, 3.63) is 66.4 Å². The number of halogens is 5. The zero-order valence-corrected chi connectivity index (χ0v) is 19.0. The number of anilines is 2. The Morgan fingerprint density at radius 3 is 2.03 bits per heavy atom. The minimum absolute atomic E-state index is 0.0508. The van der Waals surface area contributed by atoms with Crippen LogP contribution in [0.3, 0.4) is 0 Å². The third-order valence-electron chi connectivity index (χ3n) is 4.23. The first-order valence-corrected chi connectivity index (χ1v) is 10.3. The van der Waals surface area contributed by atoms with E-state index in [9.17, 15) is 22.0 Å². The molecule has 0 aliphatic carbocycles. The van der Waals surface area contributed by atoms with E-state index in [1.807, 2.05) is 13.8 Å². The lowest BCUT2D eigenvalue weighted by Gasteiger charge is -2.24. The van der Waals surface area contributed by atoms with E-state index in [1.54, 1.807) is 31.2 Å². The second kappa shape index (κ2) is 12.3. The van der Waals surface area contributed by atoms with Gasteiger partial charge in [-0.1, -0.05) is 32.6 Å². The largest absolute Gasteiger partial charge is 0.499 e. The maximum absolute atomic E-state index is 13.1. The van der Waals surface area contributed by atoms with Crippen LogP contribution in [0, 0.1) is 0 Å². The summed E-state index contributed by atoms with van der Waals surface area (Å²) in [5.74, 6) is -0.702. The molecule has 0 bridgehead atoms. The van der Waals surface area contributed by atoms with Gasteiger partial charge >= 0.3 is 12.3 Å². The summed E-state index contributed by atoms with van der Waals surface area (Å²) in [7, 11) is 0. The highest BCUT2D eigenvalue weighted by molar-refractivity contribution is 5.99. The second-order valence-corrected chi connectivity index (χ2v) is 6.82. The molecule has 2 rings (SSSR count). The number of ether oxygens (including phenoxy) is 1. The number of alkyl halides is 5. The number of aliphatic hydroxyl groups excluding tert-OH is 1. The van der Waals surface area contributed by atoms with Gasteiger partial charge in [0.2, 0.25) is 0 Å². The van der Waals surface area contributed by atoms with Crippen LogP contribution in [0.5, 0.6) is 5.75 Å².